The molecular weight excluding hydrogens is 295 g/mol. The summed E-state index contributed by atoms with van der Waals surface area (Å²) in [6.07, 6.45) is 0. The van der Waals surface area contributed by atoms with Gasteiger partial charge in [-0.05, 0) is 36.4 Å². The summed E-state index contributed by atoms with van der Waals surface area (Å²) in [5.41, 5.74) is 1.61. The van der Waals surface area contributed by atoms with E-state index in [-0.39, 0.29) is 0 Å². The van der Waals surface area contributed by atoms with Crippen LogP contribution in [0.4, 0.5) is 0 Å². The van der Waals surface area contributed by atoms with Gasteiger partial charge in [0.1, 0.15) is 10.9 Å². The Balaban J connectivity index is 2.19. The van der Waals surface area contributed by atoms with E-state index in [2.05, 4.69) is 9.97 Å². The molecule has 0 atom stereocenters. The normalized spacial score (nSPS) is 10.8. The van der Waals surface area contributed by atoms with Crippen LogP contribution in [0, 0.1) is 0 Å². The summed E-state index contributed by atoms with van der Waals surface area (Å²) < 4.78 is 5.20. The second-order valence-corrected chi connectivity index (χ2v) is 5.02. The maximum Gasteiger partial charge on any atom is 0.161 e. The zero-order valence-corrected chi connectivity index (χ0v) is 12.1. The number of hydrogen-bond acceptors (Lipinski definition) is 3. The average molecular weight is 305 g/mol. The van der Waals surface area contributed by atoms with E-state index < -0.39 is 0 Å². The van der Waals surface area contributed by atoms with Crippen molar-refractivity contribution in [2.45, 2.75) is 0 Å². The van der Waals surface area contributed by atoms with Gasteiger partial charge in [-0.1, -0.05) is 23.2 Å². The minimum Gasteiger partial charge on any atom is -0.497 e. The van der Waals surface area contributed by atoms with Crippen LogP contribution in [0.15, 0.2) is 42.5 Å². The van der Waals surface area contributed by atoms with Gasteiger partial charge in [0.25, 0.3) is 0 Å². The van der Waals surface area contributed by atoms with Gasteiger partial charge in [0.15, 0.2) is 5.82 Å². The molecule has 3 rings (SSSR count). The van der Waals surface area contributed by atoms with Gasteiger partial charge in [-0.25, -0.2) is 9.97 Å². The number of benzene rings is 2. The van der Waals surface area contributed by atoms with Crippen LogP contribution < -0.4 is 4.74 Å². The third-order valence-electron chi connectivity index (χ3n) is 2.96. The first-order valence-corrected chi connectivity index (χ1v) is 6.70. The highest BCUT2D eigenvalue weighted by atomic mass is 35.5. The largest absolute Gasteiger partial charge is 0.497 e. The molecule has 0 saturated carbocycles. The second-order valence-electron chi connectivity index (χ2n) is 4.23. The van der Waals surface area contributed by atoms with Gasteiger partial charge in [-0.15, -0.1) is 0 Å². The molecular formula is C15H10Cl2N2O. The molecule has 0 amide bonds. The fourth-order valence-corrected chi connectivity index (χ4v) is 2.29. The van der Waals surface area contributed by atoms with Crippen LogP contribution in [0.25, 0.3) is 22.3 Å². The van der Waals surface area contributed by atoms with Crippen molar-refractivity contribution in [3.8, 4) is 17.1 Å². The van der Waals surface area contributed by atoms with Crippen molar-refractivity contribution in [1.29, 1.82) is 0 Å². The van der Waals surface area contributed by atoms with E-state index in [9.17, 15) is 0 Å². The number of fused-ring (bicyclic) bond motifs is 1. The number of methoxy groups -OCH3 is 1. The predicted octanol–water partition coefficient (Wildman–Crippen LogP) is 4.61. The van der Waals surface area contributed by atoms with E-state index in [4.69, 9.17) is 27.9 Å². The summed E-state index contributed by atoms with van der Waals surface area (Å²) in [5.74, 6) is 1.29. The van der Waals surface area contributed by atoms with Crippen molar-refractivity contribution in [2.75, 3.05) is 7.11 Å². The van der Waals surface area contributed by atoms with E-state index in [1.54, 1.807) is 19.2 Å². The van der Waals surface area contributed by atoms with Gasteiger partial charge in [-0.3, -0.25) is 0 Å². The quantitative estimate of drug-likeness (QED) is 0.648. The Morgan fingerprint density at radius 3 is 2.40 bits per heavy atom. The molecule has 100 valence electrons. The highest BCUT2D eigenvalue weighted by Crippen LogP contribution is 2.27. The molecule has 0 N–H and O–H groups in total. The maximum absolute atomic E-state index is 6.22. The Morgan fingerprint density at radius 1 is 0.950 bits per heavy atom. The molecule has 0 aliphatic carbocycles. The Bertz CT molecular complexity index is 773. The highest BCUT2D eigenvalue weighted by Gasteiger charge is 2.09. The van der Waals surface area contributed by atoms with E-state index in [0.29, 0.717) is 16.0 Å². The van der Waals surface area contributed by atoms with Crippen LogP contribution in [-0.2, 0) is 0 Å². The predicted molar refractivity (Wildman–Crippen MR) is 81.5 cm³/mol. The number of hydrogen-bond donors (Lipinski definition) is 0. The molecule has 3 nitrogen and oxygen atoms in total. The third-order valence-corrected chi connectivity index (χ3v) is 3.50. The molecule has 0 unspecified atom stereocenters. The fourth-order valence-electron chi connectivity index (χ4n) is 1.93. The summed E-state index contributed by atoms with van der Waals surface area (Å²) in [7, 11) is 1.62. The summed E-state index contributed by atoms with van der Waals surface area (Å²) in [6.45, 7) is 0. The lowest BCUT2D eigenvalue weighted by molar-refractivity contribution is 0.415. The van der Waals surface area contributed by atoms with Gasteiger partial charge in [0.2, 0.25) is 0 Å². The van der Waals surface area contributed by atoms with Crippen molar-refractivity contribution >= 4 is 34.1 Å². The molecule has 0 fully saturated rings. The van der Waals surface area contributed by atoms with Crippen LogP contribution in [0.2, 0.25) is 10.2 Å². The number of halogens is 2. The Hall–Kier alpha value is -1.84. The summed E-state index contributed by atoms with van der Waals surface area (Å²) >= 11 is 12.1. The van der Waals surface area contributed by atoms with Crippen molar-refractivity contribution in [2.24, 2.45) is 0 Å². The van der Waals surface area contributed by atoms with Crippen LogP contribution in [0.5, 0.6) is 5.75 Å². The molecule has 3 aromatic rings. The van der Waals surface area contributed by atoms with Crippen LogP contribution in [-0.4, -0.2) is 17.1 Å². The molecule has 0 radical (unpaired) electrons. The first kappa shape index (κ1) is 13.2. The lowest BCUT2D eigenvalue weighted by Gasteiger charge is -2.06. The van der Waals surface area contributed by atoms with Crippen LogP contribution >= 0.6 is 23.2 Å². The summed E-state index contributed by atoms with van der Waals surface area (Å²) in [5, 5.41) is 1.88. The summed E-state index contributed by atoms with van der Waals surface area (Å²) in [4.78, 5) is 8.85. The first-order valence-electron chi connectivity index (χ1n) is 5.94. The standard InChI is InChI=1S/C15H10Cl2N2O/c1-20-11-6-7-12-13(8-11)18-15(19-14(12)17)9-2-4-10(16)5-3-9/h2-8H,1H3. The fraction of sp³-hybridized carbons (Fsp3) is 0.0667. The number of aromatic nitrogens is 2. The molecule has 0 aliphatic heterocycles. The molecule has 1 heterocycles. The third kappa shape index (κ3) is 2.42. The second kappa shape index (κ2) is 5.27. The minimum atomic E-state index is 0.419. The van der Waals surface area contributed by atoms with E-state index in [0.717, 1.165) is 22.2 Å². The maximum atomic E-state index is 6.22. The van der Waals surface area contributed by atoms with Crippen molar-refractivity contribution in [1.82, 2.24) is 9.97 Å². The van der Waals surface area contributed by atoms with Crippen LogP contribution in [0.3, 0.4) is 0 Å². The van der Waals surface area contributed by atoms with Crippen molar-refractivity contribution < 1.29 is 4.74 Å². The van der Waals surface area contributed by atoms with Gasteiger partial charge in [0.05, 0.1) is 12.6 Å². The van der Waals surface area contributed by atoms with Crippen molar-refractivity contribution in [3.63, 3.8) is 0 Å². The highest BCUT2D eigenvalue weighted by molar-refractivity contribution is 6.34. The lowest BCUT2D eigenvalue weighted by Crippen LogP contribution is -1.92. The zero-order chi connectivity index (χ0) is 14.1. The molecule has 0 spiro atoms. The van der Waals surface area contributed by atoms with Gasteiger partial charge >= 0.3 is 0 Å². The minimum absolute atomic E-state index is 0.419. The van der Waals surface area contributed by atoms with Gasteiger partial charge in [0, 0.05) is 22.0 Å². The Kier molecular flexibility index (Phi) is 3.47. The molecule has 0 bridgehead atoms. The van der Waals surface area contributed by atoms with E-state index in [1.165, 1.54) is 0 Å². The smallest absolute Gasteiger partial charge is 0.161 e. The Morgan fingerprint density at radius 2 is 1.70 bits per heavy atom. The molecule has 20 heavy (non-hydrogen) atoms. The average Bonchev–Trinajstić information content (AvgIpc) is 2.47. The SMILES string of the molecule is COc1ccc2c(Cl)nc(-c3ccc(Cl)cc3)nc2c1. The topological polar surface area (TPSA) is 35.0 Å². The molecule has 2 aromatic carbocycles. The van der Waals surface area contributed by atoms with Crippen LogP contribution in [0.1, 0.15) is 0 Å². The Labute approximate surface area is 126 Å². The summed E-state index contributed by atoms with van der Waals surface area (Å²) in [6, 6.07) is 12.8. The number of nitrogens with zero attached hydrogens (tertiary/aromatic N) is 2. The van der Waals surface area contributed by atoms with Crippen molar-refractivity contribution in [3.05, 3.63) is 52.6 Å². The zero-order valence-electron chi connectivity index (χ0n) is 10.6. The number of ether oxygens (including phenoxy) is 1. The lowest BCUT2D eigenvalue weighted by atomic mass is 10.2. The monoisotopic (exact) mass is 304 g/mol. The molecule has 1 aromatic heterocycles. The molecule has 0 aliphatic rings. The van der Waals surface area contributed by atoms with E-state index >= 15 is 0 Å². The van der Waals surface area contributed by atoms with Gasteiger partial charge in [-0.2, -0.15) is 0 Å². The number of rotatable bonds is 2. The van der Waals surface area contributed by atoms with Gasteiger partial charge < -0.3 is 4.74 Å². The molecule has 0 saturated heterocycles. The molecule has 5 heteroatoms. The van der Waals surface area contributed by atoms with E-state index in [1.807, 2.05) is 30.3 Å². The first-order chi connectivity index (χ1) is 9.67.